The van der Waals surface area contributed by atoms with Gasteiger partial charge >= 0.3 is 16.1 Å². The van der Waals surface area contributed by atoms with Gasteiger partial charge < -0.3 is 19.1 Å². The second-order valence-corrected chi connectivity index (χ2v) is 8.29. The molecule has 0 saturated heterocycles. The van der Waals surface area contributed by atoms with Crippen LogP contribution in [0.4, 0.5) is 10.5 Å². The number of carbonyl (C=O) groups is 1. The van der Waals surface area contributed by atoms with Gasteiger partial charge in [-0.05, 0) is 50.6 Å². The van der Waals surface area contributed by atoms with Gasteiger partial charge in [0.05, 0.1) is 18.6 Å². The fraction of sp³-hybridized carbons (Fsp3) is 0.350. The third kappa shape index (κ3) is 5.88. The minimum absolute atomic E-state index is 0.0499. The van der Waals surface area contributed by atoms with Crippen LogP contribution in [0.15, 0.2) is 48.5 Å². The average Bonchev–Trinajstić information content (AvgIpc) is 2.67. The zero-order chi connectivity index (χ0) is 20.7. The lowest BCUT2D eigenvalue weighted by molar-refractivity contribution is 0.193. The number of hydrogen-bond acceptors (Lipinski definition) is 5. The first-order chi connectivity index (χ1) is 13.3. The summed E-state index contributed by atoms with van der Waals surface area (Å²) in [6, 6.07) is 13.5. The van der Waals surface area contributed by atoms with Crippen LogP contribution >= 0.6 is 0 Å². The van der Waals surface area contributed by atoms with Gasteiger partial charge in [0.2, 0.25) is 0 Å². The van der Waals surface area contributed by atoms with Crippen LogP contribution in [0.1, 0.15) is 26.3 Å². The Morgan fingerprint density at radius 3 is 2.32 bits per heavy atom. The van der Waals surface area contributed by atoms with Crippen molar-refractivity contribution in [3.05, 3.63) is 54.1 Å². The highest BCUT2D eigenvalue weighted by Crippen LogP contribution is 2.24. The first-order valence-electron chi connectivity index (χ1n) is 8.97. The van der Waals surface area contributed by atoms with Crippen molar-refractivity contribution < 1.29 is 22.1 Å². The first-order valence-corrected chi connectivity index (χ1v) is 10.5. The zero-order valence-electron chi connectivity index (χ0n) is 16.5. The highest BCUT2D eigenvalue weighted by Gasteiger charge is 2.19. The topological polar surface area (TPSA) is 84.9 Å². The van der Waals surface area contributed by atoms with Crippen LogP contribution in [0.5, 0.6) is 11.5 Å². The SMILES string of the molecule is CCS(=O)(=O)Oc1ccc(CN(C(=O)Nc2ccccc2OC)C(C)C)cc1. The molecule has 0 bridgehead atoms. The molecule has 0 aliphatic heterocycles. The second kappa shape index (κ2) is 9.45. The summed E-state index contributed by atoms with van der Waals surface area (Å²) in [5.74, 6) is 0.734. The molecule has 2 rings (SSSR count). The Kier molecular flexibility index (Phi) is 7.28. The van der Waals surface area contributed by atoms with E-state index >= 15 is 0 Å². The van der Waals surface area contributed by atoms with E-state index in [1.54, 1.807) is 48.4 Å². The van der Waals surface area contributed by atoms with E-state index in [4.69, 9.17) is 8.92 Å². The molecule has 0 spiro atoms. The molecule has 0 aliphatic rings. The highest BCUT2D eigenvalue weighted by atomic mass is 32.2. The molecule has 7 nitrogen and oxygen atoms in total. The number of anilines is 1. The van der Waals surface area contributed by atoms with Crippen molar-refractivity contribution >= 4 is 21.8 Å². The summed E-state index contributed by atoms with van der Waals surface area (Å²) < 4.78 is 33.3. The first kappa shape index (κ1) is 21.6. The standard InChI is InChI=1S/C20H26N2O5S/c1-5-28(24,25)27-17-12-10-16(11-13-17)14-22(15(2)3)20(23)21-18-8-6-7-9-19(18)26-4/h6-13,15H,5,14H2,1-4H3,(H,21,23). The van der Waals surface area contributed by atoms with Crippen LogP contribution < -0.4 is 14.2 Å². The molecule has 1 N–H and O–H groups in total. The summed E-state index contributed by atoms with van der Waals surface area (Å²) in [5, 5.41) is 2.87. The molecule has 0 saturated carbocycles. The smallest absolute Gasteiger partial charge is 0.322 e. The largest absolute Gasteiger partial charge is 0.495 e. The van der Waals surface area contributed by atoms with Gasteiger partial charge in [-0.15, -0.1) is 0 Å². The minimum Gasteiger partial charge on any atom is -0.495 e. The molecule has 0 aliphatic carbocycles. The number of carbonyl (C=O) groups excluding carboxylic acids is 1. The number of urea groups is 1. The maximum absolute atomic E-state index is 12.8. The molecule has 8 heteroatoms. The van der Waals surface area contributed by atoms with E-state index in [1.807, 2.05) is 26.0 Å². The van der Waals surface area contributed by atoms with Crippen LogP contribution in [-0.4, -0.2) is 38.3 Å². The average molecular weight is 407 g/mol. The number of benzene rings is 2. The molecular formula is C20H26N2O5S. The van der Waals surface area contributed by atoms with Crippen molar-refractivity contribution in [3.63, 3.8) is 0 Å². The van der Waals surface area contributed by atoms with Crippen molar-refractivity contribution in [2.75, 3.05) is 18.2 Å². The zero-order valence-corrected chi connectivity index (χ0v) is 17.3. The maximum atomic E-state index is 12.8. The Morgan fingerprint density at radius 1 is 1.11 bits per heavy atom. The second-order valence-electron chi connectivity index (χ2n) is 6.43. The summed E-state index contributed by atoms with van der Waals surface area (Å²) in [4.78, 5) is 14.4. The molecule has 0 radical (unpaired) electrons. The molecule has 0 unspecified atom stereocenters. The molecule has 2 aromatic rings. The van der Waals surface area contributed by atoms with E-state index in [-0.39, 0.29) is 23.6 Å². The summed E-state index contributed by atoms with van der Waals surface area (Å²) in [6.45, 7) is 5.73. The Bertz CT molecular complexity index is 895. The number of ether oxygens (including phenoxy) is 1. The van der Waals surface area contributed by atoms with Gasteiger partial charge in [-0.25, -0.2) is 4.79 Å². The predicted octanol–water partition coefficient (Wildman–Crippen LogP) is 3.87. The number of amides is 2. The fourth-order valence-electron chi connectivity index (χ4n) is 2.48. The summed E-state index contributed by atoms with van der Waals surface area (Å²) >= 11 is 0. The van der Waals surface area contributed by atoms with Crippen molar-refractivity contribution in [2.24, 2.45) is 0 Å². The van der Waals surface area contributed by atoms with Gasteiger partial charge in [0, 0.05) is 12.6 Å². The van der Waals surface area contributed by atoms with E-state index in [1.165, 1.54) is 6.92 Å². The molecule has 0 heterocycles. The normalized spacial score (nSPS) is 11.2. The molecule has 0 atom stereocenters. The van der Waals surface area contributed by atoms with Gasteiger partial charge in [-0.2, -0.15) is 8.42 Å². The van der Waals surface area contributed by atoms with Gasteiger partial charge in [-0.3, -0.25) is 0 Å². The molecular weight excluding hydrogens is 380 g/mol. The number of methoxy groups -OCH3 is 1. The number of nitrogens with one attached hydrogen (secondary N) is 1. The van der Waals surface area contributed by atoms with Crippen LogP contribution in [0.2, 0.25) is 0 Å². The summed E-state index contributed by atoms with van der Waals surface area (Å²) in [7, 11) is -2.01. The quantitative estimate of drug-likeness (QED) is 0.673. The van der Waals surface area contributed by atoms with Crippen molar-refractivity contribution in [1.82, 2.24) is 4.90 Å². The van der Waals surface area contributed by atoms with Gasteiger partial charge in [0.1, 0.15) is 11.5 Å². The van der Waals surface area contributed by atoms with Crippen LogP contribution in [0.3, 0.4) is 0 Å². The lowest BCUT2D eigenvalue weighted by atomic mass is 10.2. The lowest BCUT2D eigenvalue weighted by Gasteiger charge is -2.27. The highest BCUT2D eigenvalue weighted by molar-refractivity contribution is 7.87. The molecule has 0 fully saturated rings. The predicted molar refractivity (Wildman–Crippen MR) is 109 cm³/mol. The Balaban J connectivity index is 2.11. The Morgan fingerprint density at radius 2 is 1.75 bits per heavy atom. The van der Waals surface area contributed by atoms with Crippen LogP contribution in [0.25, 0.3) is 0 Å². The number of hydrogen-bond donors (Lipinski definition) is 1. The molecule has 2 aromatic carbocycles. The van der Waals surface area contributed by atoms with Gasteiger partial charge in [-0.1, -0.05) is 24.3 Å². The molecule has 0 aromatic heterocycles. The van der Waals surface area contributed by atoms with E-state index in [0.717, 1.165) is 5.56 Å². The monoisotopic (exact) mass is 406 g/mol. The van der Waals surface area contributed by atoms with E-state index < -0.39 is 10.1 Å². The van der Waals surface area contributed by atoms with Crippen molar-refractivity contribution in [3.8, 4) is 11.5 Å². The maximum Gasteiger partial charge on any atom is 0.322 e. The van der Waals surface area contributed by atoms with Crippen LogP contribution in [-0.2, 0) is 16.7 Å². The summed E-state index contributed by atoms with van der Waals surface area (Å²) in [5.41, 5.74) is 1.44. The van der Waals surface area contributed by atoms with E-state index in [9.17, 15) is 13.2 Å². The van der Waals surface area contributed by atoms with E-state index in [0.29, 0.717) is 18.0 Å². The number of nitrogens with zero attached hydrogens (tertiary/aromatic N) is 1. The van der Waals surface area contributed by atoms with Gasteiger partial charge in [0.15, 0.2) is 0 Å². The van der Waals surface area contributed by atoms with Crippen LogP contribution in [0, 0.1) is 0 Å². The Hall–Kier alpha value is -2.74. The Labute approximate surface area is 166 Å². The molecule has 152 valence electrons. The van der Waals surface area contributed by atoms with E-state index in [2.05, 4.69) is 5.32 Å². The van der Waals surface area contributed by atoms with Crippen molar-refractivity contribution in [1.29, 1.82) is 0 Å². The fourth-order valence-corrected chi connectivity index (χ4v) is 3.00. The third-order valence-corrected chi connectivity index (χ3v) is 5.24. The minimum atomic E-state index is -3.56. The molecule has 28 heavy (non-hydrogen) atoms. The van der Waals surface area contributed by atoms with Gasteiger partial charge in [0.25, 0.3) is 0 Å². The molecule has 2 amide bonds. The summed E-state index contributed by atoms with van der Waals surface area (Å²) in [6.07, 6.45) is 0. The lowest BCUT2D eigenvalue weighted by Crippen LogP contribution is -2.39. The van der Waals surface area contributed by atoms with Crippen molar-refractivity contribution in [2.45, 2.75) is 33.4 Å². The number of para-hydroxylation sites is 2. The third-order valence-electron chi connectivity index (χ3n) is 4.09. The number of rotatable bonds is 8.